The first-order valence-corrected chi connectivity index (χ1v) is 8.97. The number of hydrogen-bond donors (Lipinski definition) is 1. The molecule has 3 heteroatoms. The van der Waals surface area contributed by atoms with Crippen LogP contribution in [0.5, 0.6) is 0 Å². The maximum Gasteiger partial charge on any atom is 0.0291 e. The van der Waals surface area contributed by atoms with Crippen molar-refractivity contribution in [2.75, 3.05) is 32.9 Å². The van der Waals surface area contributed by atoms with E-state index in [9.17, 15) is 0 Å². The van der Waals surface area contributed by atoms with Crippen LogP contribution in [0.3, 0.4) is 0 Å². The van der Waals surface area contributed by atoms with E-state index in [0.717, 1.165) is 12.5 Å². The molecule has 112 valence electrons. The molecule has 1 saturated heterocycles. The van der Waals surface area contributed by atoms with E-state index in [4.69, 9.17) is 0 Å². The highest BCUT2D eigenvalue weighted by Crippen LogP contribution is 2.21. The van der Waals surface area contributed by atoms with Crippen LogP contribution in [0.25, 0.3) is 0 Å². The lowest BCUT2D eigenvalue weighted by Crippen LogP contribution is -2.32. The quantitative estimate of drug-likeness (QED) is 0.803. The van der Waals surface area contributed by atoms with Crippen LogP contribution >= 0.6 is 11.8 Å². The van der Waals surface area contributed by atoms with Gasteiger partial charge in [0.2, 0.25) is 0 Å². The summed E-state index contributed by atoms with van der Waals surface area (Å²) in [7, 11) is 2.23. The molecule has 2 nitrogen and oxygen atoms in total. The molecule has 0 aliphatic carbocycles. The van der Waals surface area contributed by atoms with Crippen molar-refractivity contribution in [3.05, 3.63) is 29.8 Å². The molecule has 1 aliphatic rings. The first-order chi connectivity index (χ1) is 9.69. The summed E-state index contributed by atoms with van der Waals surface area (Å²) >= 11 is 1.80. The Morgan fingerprint density at radius 3 is 2.50 bits per heavy atom. The van der Waals surface area contributed by atoms with Crippen molar-refractivity contribution in [3.8, 4) is 0 Å². The van der Waals surface area contributed by atoms with Crippen LogP contribution in [-0.2, 0) is 0 Å². The number of rotatable bonds is 6. The van der Waals surface area contributed by atoms with E-state index >= 15 is 0 Å². The zero-order chi connectivity index (χ0) is 14.4. The van der Waals surface area contributed by atoms with Crippen LogP contribution in [0.2, 0.25) is 0 Å². The molecule has 1 heterocycles. The van der Waals surface area contributed by atoms with Gasteiger partial charge in [-0.3, -0.25) is 0 Å². The molecule has 1 aliphatic heterocycles. The molecule has 1 N–H and O–H groups in total. The maximum atomic E-state index is 3.67. The third-order valence-corrected chi connectivity index (χ3v) is 5.20. The highest BCUT2D eigenvalue weighted by Gasteiger charge is 2.16. The zero-order valence-corrected chi connectivity index (χ0v) is 13.9. The lowest BCUT2D eigenvalue weighted by atomic mass is 9.93. The standard InChI is InChI=1S/C17H28N2S/c1-14(16-4-6-17(20-3)7-5-16)18-11-8-15-9-12-19(2)13-10-15/h4-7,14-15,18H,8-13H2,1-3H3. The van der Waals surface area contributed by atoms with E-state index < -0.39 is 0 Å². The van der Waals surface area contributed by atoms with Crippen molar-refractivity contribution < 1.29 is 0 Å². The van der Waals surface area contributed by atoms with E-state index in [1.54, 1.807) is 11.8 Å². The van der Waals surface area contributed by atoms with E-state index in [1.807, 2.05) is 0 Å². The molecule has 0 amide bonds. The van der Waals surface area contributed by atoms with Gasteiger partial charge in [-0.25, -0.2) is 0 Å². The fourth-order valence-corrected chi connectivity index (χ4v) is 3.27. The van der Waals surface area contributed by atoms with E-state index in [-0.39, 0.29) is 0 Å². The second-order valence-corrected chi connectivity index (χ2v) is 6.86. The molecule has 20 heavy (non-hydrogen) atoms. The van der Waals surface area contributed by atoms with Crippen LogP contribution in [0.1, 0.15) is 37.8 Å². The smallest absolute Gasteiger partial charge is 0.0291 e. The van der Waals surface area contributed by atoms with E-state index in [0.29, 0.717) is 6.04 Å². The minimum atomic E-state index is 0.456. The maximum absolute atomic E-state index is 3.67. The summed E-state index contributed by atoms with van der Waals surface area (Å²) in [5, 5.41) is 3.67. The minimum Gasteiger partial charge on any atom is -0.310 e. The first kappa shape index (κ1) is 15.9. The Kier molecular flexibility index (Phi) is 6.40. The summed E-state index contributed by atoms with van der Waals surface area (Å²) in [6, 6.07) is 9.39. The van der Waals surface area contributed by atoms with E-state index in [2.05, 4.69) is 54.7 Å². The summed E-state index contributed by atoms with van der Waals surface area (Å²) in [6.45, 7) is 5.95. The predicted octanol–water partition coefficient (Wildman–Crippen LogP) is 3.79. The number of benzene rings is 1. The van der Waals surface area contributed by atoms with Crippen LogP contribution < -0.4 is 5.32 Å². The fraction of sp³-hybridized carbons (Fsp3) is 0.647. The minimum absolute atomic E-state index is 0.456. The second kappa shape index (κ2) is 8.06. The van der Waals surface area contributed by atoms with Gasteiger partial charge in [0.25, 0.3) is 0 Å². The summed E-state index contributed by atoms with van der Waals surface area (Å²) in [5.41, 5.74) is 1.39. The van der Waals surface area contributed by atoms with Crippen LogP contribution in [-0.4, -0.2) is 37.8 Å². The Morgan fingerprint density at radius 1 is 1.25 bits per heavy atom. The molecule has 0 bridgehead atoms. The molecule has 1 fully saturated rings. The van der Waals surface area contributed by atoms with Crippen molar-refractivity contribution in [2.24, 2.45) is 5.92 Å². The van der Waals surface area contributed by atoms with Gasteiger partial charge in [0, 0.05) is 10.9 Å². The number of thioether (sulfide) groups is 1. The average molecular weight is 292 g/mol. The Labute approximate surface area is 128 Å². The third kappa shape index (κ3) is 4.80. The summed E-state index contributed by atoms with van der Waals surface area (Å²) in [5.74, 6) is 0.921. The summed E-state index contributed by atoms with van der Waals surface area (Å²) < 4.78 is 0. The zero-order valence-electron chi connectivity index (χ0n) is 13.1. The molecule has 1 aromatic rings. The topological polar surface area (TPSA) is 15.3 Å². The second-order valence-electron chi connectivity index (χ2n) is 5.98. The molecule has 2 rings (SSSR count). The number of piperidine rings is 1. The molecule has 0 saturated carbocycles. The highest BCUT2D eigenvalue weighted by molar-refractivity contribution is 7.98. The molecule has 0 spiro atoms. The van der Waals surface area contributed by atoms with E-state index in [1.165, 1.54) is 42.8 Å². The van der Waals surface area contributed by atoms with Gasteiger partial charge in [0.05, 0.1) is 0 Å². The SMILES string of the molecule is CSc1ccc(C(C)NCCC2CCN(C)CC2)cc1. The van der Waals surface area contributed by atoms with Gasteiger partial charge in [-0.2, -0.15) is 0 Å². The average Bonchev–Trinajstić information content (AvgIpc) is 2.49. The van der Waals surface area contributed by atoms with Crippen LogP contribution in [0, 0.1) is 5.92 Å². The van der Waals surface area contributed by atoms with Gasteiger partial charge >= 0.3 is 0 Å². The van der Waals surface area contributed by atoms with Gasteiger partial charge in [-0.05, 0) is 82.7 Å². The summed E-state index contributed by atoms with van der Waals surface area (Å²) in [6.07, 6.45) is 6.18. The Balaban J connectivity index is 1.70. The molecule has 1 aromatic carbocycles. The lowest BCUT2D eigenvalue weighted by molar-refractivity contribution is 0.211. The number of nitrogens with zero attached hydrogens (tertiary/aromatic N) is 1. The monoisotopic (exact) mass is 292 g/mol. The van der Waals surface area contributed by atoms with Crippen LogP contribution in [0.15, 0.2) is 29.2 Å². The Bertz CT molecular complexity index is 382. The molecule has 1 unspecified atom stereocenters. The molecule has 0 radical (unpaired) electrons. The fourth-order valence-electron chi connectivity index (χ4n) is 2.87. The molecule has 0 aromatic heterocycles. The van der Waals surface area contributed by atoms with Crippen molar-refractivity contribution in [3.63, 3.8) is 0 Å². The van der Waals surface area contributed by atoms with Crippen molar-refractivity contribution in [1.29, 1.82) is 0 Å². The normalized spacial score (nSPS) is 19.1. The number of likely N-dealkylation sites (tertiary alicyclic amines) is 1. The highest BCUT2D eigenvalue weighted by atomic mass is 32.2. The number of nitrogens with one attached hydrogen (secondary N) is 1. The lowest BCUT2D eigenvalue weighted by Gasteiger charge is -2.29. The first-order valence-electron chi connectivity index (χ1n) is 7.75. The molecule has 1 atom stereocenters. The van der Waals surface area contributed by atoms with Gasteiger partial charge < -0.3 is 10.2 Å². The summed E-state index contributed by atoms with van der Waals surface area (Å²) in [4.78, 5) is 3.78. The van der Waals surface area contributed by atoms with Gasteiger partial charge in [-0.15, -0.1) is 11.8 Å². The molecular formula is C17H28N2S. The Hall–Kier alpha value is -0.510. The number of hydrogen-bond acceptors (Lipinski definition) is 3. The van der Waals surface area contributed by atoms with Gasteiger partial charge in [0.15, 0.2) is 0 Å². The van der Waals surface area contributed by atoms with Crippen molar-refractivity contribution in [2.45, 2.75) is 37.1 Å². The third-order valence-electron chi connectivity index (χ3n) is 4.46. The largest absolute Gasteiger partial charge is 0.310 e. The predicted molar refractivity (Wildman–Crippen MR) is 89.5 cm³/mol. The Morgan fingerprint density at radius 2 is 1.90 bits per heavy atom. The molecular weight excluding hydrogens is 264 g/mol. The van der Waals surface area contributed by atoms with Crippen molar-refractivity contribution >= 4 is 11.8 Å². The van der Waals surface area contributed by atoms with Crippen molar-refractivity contribution in [1.82, 2.24) is 10.2 Å². The van der Waals surface area contributed by atoms with Gasteiger partial charge in [-0.1, -0.05) is 12.1 Å². The van der Waals surface area contributed by atoms with Gasteiger partial charge in [0.1, 0.15) is 0 Å². The van der Waals surface area contributed by atoms with Crippen LogP contribution in [0.4, 0.5) is 0 Å².